The third-order valence-corrected chi connectivity index (χ3v) is 10.8. The predicted octanol–water partition coefficient (Wildman–Crippen LogP) is 13.4. The van der Waals surface area contributed by atoms with Gasteiger partial charge < -0.3 is 18.8 Å². The zero-order valence-corrected chi connectivity index (χ0v) is 36.0. The molecule has 0 aliphatic carbocycles. The Morgan fingerprint density at radius 1 is 0.554 bits per heavy atom. The van der Waals surface area contributed by atoms with Gasteiger partial charge in [-0.3, -0.25) is 14.7 Å². The van der Waals surface area contributed by atoms with E-state index in [0.717, 1.165) is 44.0 Å². The van der Waals surface area contributed by atoms with Crippen molar-refractivity contribution in [2.75, 3.05) is 38.3 Å². The Hall–Kier alpha value is -8.55. The maximum atomic E-state index is 13.8. The highest BCUT2D eigenvalue weighted by molar-refractivity contribution is 6.12. The molecule has 0 radical (unpaired) electrons. The van der Waals surface area contributed by atoms with Crippen molar-refractivity contribution in [1.29, 1.82) is 0 Å². The van der Waals surface area contributed by atoms with E-state index < -0.39 is 0 Å². The fourth-order valence-electron chi connectivity index (χ4n) is 7.42. The quantitative estimate of drug-likeness (QED) is 0.0778. The molecule has 0 saturated carbocycles. The van der Waals surface area contributed by atoms with Crippen LogP contribution in [0.2, 0.25) is 0 Å². The molecule has 9 rings (SSSR count). The maximum Gasteiger partial charge on any atom is 0.261 e. The van der Waals surface area contributed by atoms with Crippen LogP contribution in [0.4, 0.5) is 34.1 Å². The van der Waals surface area contributed by atoms with Crippen molar-refractivity contribution in [3.05, 3.63) is 181 Å². The molecule has 0 N–H and O–H groups in total. The molecule has 8 aromatic carbocycles. The van der Waals surface area contributed by atoms with Gasteiger partial charge in [0.1, 0.15) is 18.0 Å². The van der Waals surface area contributed by atoms with Gasteiger partial charge in [0.25, 0.3) is 5.91 Å². The van der Waals surface area contributed by atoms with Gasteiger partial charge in [-0.1, -0.05) is 84.9 Å². The molecule has 13 heteroatoms. The summed E-state index contributed by atoms with van der Waals surface area (Å²) in [5, 5.41) is 32.3. The summed E-state index contributed by atoms with van der Waals surface area (Å²) in [6.45, 7) is 0.263. The first-order chi connectivity index (χ1) is 31.9. The third kappa shape index (κ3) is 8.90. The van der Waals surface area contributed by atoms with E-state index in [1.165, 1.54) is 7.11 Å². The van der Waals surface area contributed by atoms with Crippen LogP contribution >= 0.6 is 0 Å². The number of azo groups is 2. The Kier molecular flexibility index (Phi) is 12.1. The highest BCUT2D eigenvalue weighted by Gasteiger charge is 2.23. The van der Waals surface area contributed by atoms with Crippen LogP contribution in [-0.4, -0.2) is 44.4 Å². The number of ether oxygens (including phenoxy) is 2. The van der Waals surface area contributed by atoms with Gasteiger partial charge in [-0.2, -0.15) is 10.2 Å². The summed E-state index contributed by atoms with van der Waals surface area (Å²) in [6, 6.07) is 53.5. The summed E-state index contributed by atoms with van der Waals surface area (Å²) in [5.74, 6) is 1.37. The van der Waals surface area contributed by atoms with Crippen LogP contribution in [-0.2, 0) is 11.4 Å². The van der Waals surface area contributed by atoms with Crippen molar-refractivity contribution in [1.82, 2.24) is 10.2 Å². The number of hydrogen-bond acceptors (Lipinski definition) is 12. The maximum absolute atomic E-state index is 13.8. The summed E-state index contributed by atoms with van der Waals surface area (Å²) in [6.07, 6.45) is 0. The van der Waals surface area contributed by atoms with Crippen molar-refractivity contribution < 1.29 is 23.5 Å². The van der Waals surface area contributed by atoms with Gasteiger partial charge in [-0.05, 0) is 95.7 Å². The number of anilines is 2. The number of amides is 1. The minimum Gasteiger partial charge on any atom is -0.494 e. The number of nitrogens with zero attached hydrogens (tertiary/aromatic N) is 8. The number of carbonyl (C=O) groups is 1. The van der Waals surface area contributed by atoms with Crippen molar-refractivity contribution in [3.8, 4) is 34.4 Å². The normalized spacial score (nSPS) is 11.4. The number of hydroxylamine groups is 1. The summed E-state index contributed by atoms with van der Waals surface area (Å²) >= 11 is 0. The van der Waals surface area contributed by atoms with E-state index in [9.17, 15) is 4.79 Å². The van der Waals surface area contributed by atoms with Crippen molar-refractivity contribution in [2.45, 2.75) is 6.61 Å². The van der Waals surface area contributed by atoms with Gasteiger partial charge in [-0.15, -0.1) is 20.4 Å². The fraction of sp³-hybridized carbons (Fsp3) is 0.0962. The fourth-order valence-corrected chi connectivity index (χ4v) is 7.42. The van der Waals surface area contributed by atoms with E-state index in [2.05, 4.69) is 31.6 Å². The van der Waals surface area contributed by atoms with E-state index in [1.54, 1.807) is 36.3 Å². The lowest BCUT2D eigenvalue weighted by Gasteiger charge is -2.20. The number of hydrogen-bond donors (Lipinski definition) is 0. The van der Waals surface area contributed by atoms with E-state index in [1.807, 2.05) is 159 Å². The van der Waals surface area contributed by atoms with E-state index in [4.69, 9.17) is 23.8 Å². The predicted molar refractivity (Wildman–Crippen MR) is 253 cm³/mol. The van der Waals surface area contributed by atoms with Crippen LogP contribution in [0.3, 0.4) is 0 Å². The van der Waals surface area contributed by atoms with Gasteiger partial charge in [0.05, 0.1) is 36.8 Å². The second-order valence-electron chi connectivity index (χ2n) is 14.9. The highest BCUT2D eigenvalue weighted by atomic mass is 16.7. The highest BCUT2D eigenvalue weighted by Crippen LogP contribution is 2.42. The number of benzene rings is 8. The van der Waals surface area contributed by atoms with E-state index >= 15 is 0 Å². The second kappa shape index (κ2) is 18.8. The molecule has 0 spiro atoms. The average Bonchev–Trinajstić information content (AvgIpc) is 3.87. The zero-order chi connectivity index (χ0) is 44.7. The van der Waals surface area contributed by atoms with E-state index in [-0.39, 0.29) is 12.5 Å². The van der Waals surface area contributed by atoms with Crippen molar-refractivity contribution in [3.63, 3.8) is 0 Å². The second-order valence-corrected chi connectivity index (χ2v) is 14.9. The Morgan fingerprint density at radius 3 is 1.57 bits per heavy atom. The number of aromatic nitrogens is 2. The zero-order valence-electron chi connectivity index (χ0n) is 36.0. The molecule has 1 heterocycles. The number of methoxy groups -OCH3 is 2. The Bertz CT molecular complexity index is 3180. The Morgan fingerprint density at radius 2 is 1.03 bits per heavy atom. The van der Waals surface area contributed by atoms with Gasteiger partial charge in [0.2, 0.25) is 11.8 Å². The number of para-hydroxylation sites is 2. The lowest BCUT2D eigenvalue weighted by Crippen LogP contribution is -2.26. The molecule has 0 aliphatic heterocycles. The molecular weight excluding hydrogens is 817 g/mol. The van der Waals surface area contributed by atoms with Gasteiger partial charge in [-0.25, -0.2) is 0 Å². The van der Waals surface area contributed by atoms with Crippen LogP contribution in [0.5, 0.6) is 11.5 Å². The van der Waals surface area contributed by atoms with E-state index in [0.29, 0.717) is 57.2 Å². The molecule has 0 saturated heterocycles. The molecule has 320 valence electrons. The molecule has 0 unspecified atom stereocenters. The number of fused-ring (bicyclic) bond motifs is 2. The van der Waals surface area contributed by atoms with Crippen LogP contribution in [0, 0.1) is 0 Å². The topological polar surface area (TPSA) is 140 Å². The molecular formula is C52H42N8O5. The molecule has 0 aliphatic rings. The largest absolute Gasteiger partial charge is 0.494 e. The number of carbonyl (C=O) groups excluding carboxylic acids is 1. The summed E-state index contributed by atoms with van der Waals surface area (Å²) in [5.41, 5.74) is 6.56. The van der Waals surface area contributed by atoms with Crippen molar-refractivity contribution >= 4 is 61.6 Å². The monoisotopic (exact) mass is 858 g/mol. The first-order valence-corrected chi connectivity index (χ1v) is 20.7. The number of rotatable bonds is 14. The van der Waals surface area contributed by atoms with Crippen LogP contribution < -0.4 is 19.4 Å². The van der Waals surface area contributed by atoms with Gasteiger partial charge in [0.15, 0.2) is 11.5 Å². The lowest BCUT2D eigenvalue weighted by atomic mass is 10.0. The average molecular weight is 859 g/mol. The molecule has 9 aromatic rings. The summed E-state index contributed by atoms with van der Waals surface area (Å²) in [4.78, 5) is 21.5. The lowest BCUT2D eigenvalue weighted by molar-refractivity contribution is 0.0990. The van der Waals surface area contributed by atoms with Crippen molar-refractivity contribution in [2.24, 2.45) is 20.5 Å². The SMILES string of the molecule is COc1c(CON(C)c2ccccc2)cc2ccccc2c1N=Nc1ccc(-c2nnc(-c3ccc(N=Nc4c(OC)c(C(=O)N(C)c5ccccc5)cc5ccccc45)cc3)o2)cc1. The van der Waals surface area contributed by atoms with Crippen LogP contribution in [0.15, 0.2) is 195 Å². The summed E-state index contributed by atoms with van der Waals surface area (Å²) in [7, 11) is 6.75. The molecule has 0 atom stereocenters. The Labute approximate surface area is 374 Å². The van der Waals surface area contributed by atoms with Crippen LogP contribution in [0.1, 0.15) is 15.9 Å². The molecule has 0 fully saturated rings. The van der Waals surface area contributed by atoms with Crippen LogP contribution in [0.25, 0.3) is 44.5 Å². The Balaban J connectivity index is 0.910. The molecule has 65 heavy (non-hydrogen) atoms. The third-order valence-electron chi connectivity index (χ3n) is 10.8. The van der Waals surface area contributed by atoms with Gasteiger partial charge >= 0.3 is 0 Å². The molecule has 13 nitrogen and oxygen atoms in total. The minimum atomic E-state index is -0.234. The molecule has 0 bridgehead atoms. The standard InChI is InChI=1S/C52H42N8O5/c1-59(41-17-7-5-8-18-41)52(61)45-32-37-16-12-14-22-44(37)47(49(45)63-4)56-54-40-29-25-35(26-30-40)51-58-57-50(65-51)34-23-27-39(28-24-34)53-55-46-43-21-13-11-15-36(43)31-38(48(46)62-3)33-64-60(2)42-19-9-6-10-20-42/h5-32H,33H2,1-4H3. The first-order valence-electron chi connectivity index (χ1n) is 20.7. The molecule has 1 aromatic heterocycles. The summed E-state index contributed by atoms with van der Waals surface area (Å²) < 4.78 is 17.8. The smallest absolute Gasteiger partial charge is 0.261 e. The molecule has 1 amide bonds. The van der Waals surface area contributed by atoms with Gasteiger partial charge in [0, 0.05) is 47.2 Å². The minimum absolute atomic E-state index is 0.234. The first kappa shape index (κ1) is 41.8.